The second kappa shape index (κ2) is 6.60. The molecule has 1 heterocycles. The summed E-state index contributed by atoms with van der Waals surface area (Å²) >= 11 is 0. The van der Waals surface area contributed by atoms with Crippen LogP contribution in [-0.4, -0.2) is 46.0 Å². The first-order valence-corrected chi connectivity index (χ1v) is 7.68. The second-order valence-corrected chi connectivity index (χ2v) is 6.81. The summed E-state index contributed by atoms with van der Waals surface area (Å²) in [6.07, 6.45) is 0.240. The number of fused-ring (bicyclic) bond motifs is 1. The number of benzene rings is 1. The fourth-order valence-corrected chi connectivity index (χ4v) is 2.75. The van der Waals surface area contributed by atoms with Gasteiger partial charge in [-0.1, -0.05) is 24.3 Å². The van der Waals surface area contributed by atoms with Crippen LogP contribution in [0, 0.1) is 0 Å². The molecule has 130 valence electrons. The van der Waals surface area contributed by atoms with Crippen LogP contribution in [0.3, 0.4) is 0 Å². The van der Waals surface area contributed by atoms with Crippen molar-refractivity contribution in [3.05, 3.63) is 35.4 Å². The van der Waals surface area contributed by atoms with E-state index in [2.05, 4.69) is 0 Å². The van der Waals surface area contributed by atoms with Crippen molar-refractivity contribution in [2.24, 2.45) is 5.73 Å². The smallest absolute Gasteiger partial charge is 0.334 e. The molecule has 0 aliphatic carbocycles. The lowest BCUT2D eigenvalue weighted by Crippen LogP contribution is -2.49. The Bertz CT molecular complexity index is 665. The van der Waals surface area contributed by atoms with Crippen LogP contribution < -0.4 is 5.73 Å². The van der Waals surface area contributed by atoms with Gasteiger partial charge < -0.3 is 20.5 Å². The molecule has 0 saturated carbocycles. The molecular formula is C17H22N2O5. The topological polar surface area (TPSA) is 110 Å². The third kappa shape index (κ3) is 3.91. The van der Waals surface area contributed by atoms with Crippen LogP contribution in [0.15, 0.2) is 24.3 Å². The van der Waals surface area contributed by atoms with Crippen LogP contribution in [0.25, 0.3) is 0 Å². The number of carbonyl (C=O) groups excluding carboxylic acids is 2. The van der Waals surface area contributed by atoms with Gasteiger partial charge in [-0.25, -0.2) is 4.79 Å². The SMILES string of the molecule is CC(C)(C)OC(=O)C1c2ccccc2CC(N)C(=O)N1CC(=O)O. The van der Waals surface area contributed by atoms with Crippen molar-refractivity contribution in [3.8, 4) is 0 Å². The minimum absolute atomic E-state index is 0.240. The zero-order valence-corrected chi connectivity index (χ0v) is 14.0. The summed E-state index contributed by atoms with van der Waals surface area (Å²) in [6, 6.07) is 4.97. The molecule has 2 unspecified atom stereocenters. The number of rotatable bonds is 3. The van der Waals surface area contributed by atoms with Crippen molar-refractivity contribution in [1.82, 2.24) is 4.90 Å². The molecule has 1 aliphatic heterocycles. The number of nitrogens with zero attached hydrogens (tertiary/aromatic N) is 1. The highest BCUT2D eigenvalue weighted by molar-refractivity contribution is 5.92. The summed E-state index contributed by atoms with van der Waals surface area (Å²) in [6.45, 7) is 4.51. The molecule has 0 bridgehead atoms. The molecule has 1 aliphatic rings. The molecule has 0 aromatic heterocycles. The van der Waals surface area contributed by atoms with Crippen molar-refractivity contribution in [3.63, 3.8) is 0 Å². The van der Waals surface area contributed by atoms with Gasteiger partial charge in [0.1, 0.15) is 12.1 Å². The number of amides is 1. The van der Waals surface area contributed by atoms with Crippen LogP contribution in [0.1, 0.15) is 37.9 Å². The second-order valence-electron chi connectivity index (χ2n) is 6.81. The van der Waals surface area contributed by atoms with Crippen molar-refractivity contribution in [2.45, 2.75) is 44.9 Å². The lowest BCUT2D eigenvalue weighted by atomic mass is 9.97. The Hall–Kier alpha value is -2.41. The minimum Gasteiger partial charge on any atom is -0.480 e. The number of aliphatic carboxylic acids is 1. The molecule has 3 N–H and O–H groups in total. The zero-order valence-electron chi connectivity index (χ0n) is 14.0. The lowest BCUT2D eigenvalue weighted by molar-refractivity contribution is -0.166. The van der Waals surface area contributed by atoms with Gasteiger partial charge in [-0.2, -0.15) is 0 Å². The number of esters is 1. The van der Waals surface area contributed by atoms with Crippen molar-refractivity contribution < 1.29 is 24.2 Å². The van der Waals surface area contributed by atoms with Crippen molar-refractivity contribution in [1.29, 1.82) is 0 Å². The molecule has 2 rings (SSSR count). The first-order valence-electron chi connectivity index (χ1n) is 7.68. The van der Waals surface area contributed by atoms with E-state index in [1.165, 1.54) is 0 Å². The van der Waals surface area contributed by atoms with Gasteiger partial charge in [-0.15, -0.1) is 0 Å². The Morgan fingerprint density at radius 1 is 1.33 bits per heavy atom. The molecule has 7 heteroatoms. The Morgan fingerprint density at radius 2 is 1.96 bits per heavy atom. The van der Waals surface area contributed by atoms with E-state index in [-0.39, 0.29) is 6.42 Å². The third-order valence-electron chi connectivity index (χ3n) is 3.64. The molecule has 0 saturated heterocycles. The number of carboxylic acid groups (broad SMARTS) is 1. The average Bonchev–Trinajstić information content (AvgIpc) is 2.54. The number of carbonyl (C=O) groups is 3. The maximum absolute atomic E-state index is 12.7. The molecule has 24 heavy (non-hydrogen) atoms. The van der Waals surface area contributed by atoms with Crippen molar-refractivity contribution in [2.75, 3.05) is 6.54 Å². The molecule has 1 amide bonds. The molecule has 1 aromatic carbocycles. The highest BCUT2D eigenvalue weighted by atomic mass is 16.6. The van der Waals surface area contributed by atoms with E-state index >= 15 is 0 Å². The molecule has 2 atom stereocenters. The number of ether oxygens (including phenoxy) is 1. The lowest BCUT2D eigenvalue weighted by Gasteiger charge is -2.31. The highest BCUT2D eigenvalue weighted by Gasteiger charge is 2.41. The van der Waals surface area contributed by atoms with Gasteiger partial charge in [0.05, 0.1) is 6.04 Å². The van der Waals surface area contributed by atoms with Crippen LogP contribution in [0.2, 0.25) is 0 Å². The molecular weight excluding hydrogens is 312 g/mol. The molecule has 0 spiro atoms. The van der Waals surface area contributed by atoms with Crippen LogP contribution in [0.4, 0.5) is 0 Å². The summed E-state index contributed by atoms with van der Waals surface area (Å²) in [5.74, 6) is -2.47. The number of hydrogen-bond donors (Lipinski definition) is 2. The fourth-order valence-electron chi connectivity index (χ4n) is 2.75. The van der Waals surface area contributed by atoms with E-state index in [9.17, 15) is 14.4 Å². The summed E-state index contributed by atoms with van der Waals surface area (Å²) in [4.78, 5) is 37.5. The Balaban J connectivity index is 2.54. The third-order valence-corrected chi connectivity index (χ3v) is 3.64. The average molecular weight is 334 g/mol. The number of hydrogen-bond acceptors (Lipinski definition) is 5. The fraction of sp³-hybridized carbons (Fsp3) is 0.471. The van der Waals surface area contributed by atoms with Gasteiger partial charge in [-0.3, -0.25) is 9.59 Å². The summed E-state index contributed by atoms with van der Waals surface area (Å²) < 4.78 is 5.42. The van der Waals surface area contributed by atoms with E-state index in [4.69, 9.17) is 15.6 Å². The largest absolute Gasteiger partial charge is 0.480 e. The standard InChI is InChI=1S/C17H22N2O5/c1-17(2,3)24-16(23)14-11-7-5-4-6-10(11)8-12(18)15(22)19(14)9-13(20)21/h4-7,12,14H,8-9,18H2,1-3H3,(H,20,21). The predicted octanol–water partition coefficient (Wildman–Crippen LogP) is 0.866. The van der Waals surface area contributed by atoms with Gasteiger partial charge in [0, 0.05) is 0 Å². The highest BCUT2D eigenvalue weighted by Crippen LogP contribution is 2.31. The van der Waals surface area contributed by atoms with E-state index < -0.39 is 42.1 Å². The molecule has 7 nitrogen and oxygen atoms in total. The first-order chi connectivity index (χ1) is 11.1. The van der Waals surface area contributed by atoms with E-state index in [1.807, 2.05) is 0 Å². The van der Waals surface area contributed by atoms with Gasteiger partial charge in [0.25, 0.3) is 0 Å². The van der Waals surface area contributed by atoms with E-state index in [0.29, 0.717) is 5.56 Å². The predicted molar refractivity (Wildman–Crippen MR) is 86.1 cm³/mol. The first kappa shape index (κ1) is 17.9. The Labute approximate surface area is 140 Å². The van der Waals surface area contributed by atoms with E-state index in [0.717, 1.165) is 10.5 Å². The Morgan fingerprint density at radius 3 is 2.54 bits per heavy atom. The minimum atomic E-state index is -1.22. The van der Waals surface area contributed by atoms with Crippen LogP contribution >= 0.6 is 0 Å². The van der Waals surface area contributed by atoms with Gasteiger partial charge in [0.2, 0.25) is 5.91 Å². The summed E-state index contributed by atoms with van der Waals surface area (Å²) in [7, 11) is 0. The van der Waals surface area contributed by atoms with Gasteiger partial charge in [0.15, 0.2) is 6.04 Å². The van der Waals surface area contributed by atoms with Crippen LogP contribution in [0.5, 0.6) is 0 Å². The summed E-state index contributed by atoms with van der Waals surface area (Å²) in [5, 5.41) is 9.15. The number of carboxylic acids is 1. The normalized spacial score (nSPS) is 21.0. The molecule has 0 radical (unpaired) electrons. The number of nitrogens with two attached hydrogens (primary N) is 1. The van der Waals surface area contributed by atoms with Gasteiger partial charge >= 0.3 is 11.9 Å². The monoisotopic (exact) mass is 334 g/mol. The maximum atomic E-state index is 12.7. The maximum Gasteiger partial charge on any atom is 0.334 e. The zero-order chi connectivity index (χ0) is 18.1. The Kier molecular flexibility index (Phi) is 4.94. The molecule has 0 fully saturated rings. The quantitative estimate of drug-likeness (QED) is 0.794. The van der Waals surface area contributed by atoms with Gasteiger partial charge in [-0.05, 0) is 38.3 Å². The summed E-state index contributed by atoms with van der Waals surface area (Å²) in [5.41, 5.74) is 6.44. The van der Waals surface area contributed by atoms with Crippen LogP contribution in [-0.2, 0) is 25.5 Å². The molecule has 1 aromatic rings. The van der Waals surface area contributed by atoms with E-state index in [1.54, 1.807) is 45.0 Å². The van der Waals surface area contributed by atoms with Crippen molar-refractivity contribution >= 4 is 17.8 Å².